The third kappa shape index (κ3) is 6.82. The highest BCUT2D eigenvalue weighted by atomic mass is 32.2. The van der Waals surface area contributed by atoms with Gasteiger partial charge in [-0.15, -0.1) is 0 Å². The van der Waals surface area contributed by atoms with Gasteiger partial charge in [0.2, 0.25) is 0 Å². The van der Waals surface area contributed by atoms with Crippen molar-refractivity contribution < 1.29 is 17.0 Å². The first kappa shape index (κ1) is 28.1. The number of allylic oxidation sites excluding steroid dienone is 1. The molecule has 0 unspecified atom stereocenters. The van der Waals surface area contributed by atoms with Gasteiger partial charge in [-0.3, -0.25) is 4.18 Å². The minimum absolute atomic E-state index is 0.0738. The summed E-state index contributed by atoms with van der Waals surface area (Å²) in [6.45, 7) is 11.4. The molecule has 3 aromatic rings. The van der Waals surface area contributed by atoms with E-state index in [-0.39, 0.29) is 16.5 Å². The maximum atomic E-state index is 12.4. The van der Waals surface area contributed by atoms with Crippen molar-refractivity contribution in [3.05, 3.63) is 102 Å². The predicted octanol–water partition coefficient (Wildman–Crippen LogP) is 6.00. The van der Waals surface area contributed by atoms with Crippen LogP contribution in [0.4, 0.5) is 0 Å². The number of hydrogen-bond donors (Lipinski definition) is 0. The van der Waals surface area contributed by atoms with Gasteiger partial charge in [0, 0.05) is 0 Å². The van der Waals surface area contributed by atoms with Gasteiger partial charge in [0.15, 0.2) is 0 Å². The van der Waals surface area contributed by atoms with E-state index in [0.29, 0.717) is 13.0 Å². The molecular formula is C30H38O4SSi. The van der Waals surface area contributed by atoms with Crippen LogP contribution in [0.2, 0.25) is 5.04 Å². The van der Waals surface area contributed by atoms with Crippen LogP contribution in [-0.2, 0) is 18.7 Å². The molecule has 0 bridgehead atoms. The average molecular weight is 523 g/mol. The van der Waals surface area contributed by atoms with E-state index >= 15 is 0 Å². The van der Waals surface area contributed by atoms with Crippen LogP contribution in [0.3, 0.4) is 0 Å². The van der Waals surface area contributed by atoms with Crippen LogP contribution in [0.25, 0.3) is 0 Å². The Morgan fingerprint density at radius 3 is 1.89 bits per heavy atom. The van der Waals surface area contributed by atoms with Crippen LogP contribution in [0.1, 0.15) is 46.1 Å². The van der Waals surface area contributed by atoms with E-state index < -0.39 is 18.4 Å². The summed E-state index contributed by atoms with van der Waals surface area (Å²) < 4.78 is 36.9. The third-order valence-corrected chi connectivity index (χ3v) is 12.7. The fourth-order valence-corrected chi connectivity index (χ4v) is 9.90. The summed E-state index contributed by atoms with van der Waals surface area (Å²) in [5, 5.41) is 2.43. The molecule has 0 spiro atoms. The van der Waals surface area contributed by atoms with Gasteiger partial charge in [-0.1, -0.05) is 111 Å². The number of rotatable bonds is 11. The second-order valence-electron chi connectivity index (χ2n) is 10.2. The number of benzene rings is 3. The lowest BCUT2D eigenvalue weighted by atomic mass is 10.2. The molecule has 0 amide bonds. The Labute approximate surface area is 218 Å². The summed E-state index contributed by atoms with van der Waals surface area (Å²) in [5.74, 6) is 0. The first-order valence-corrected chi connectivity index (χ1v) is 15.7. The molecule has 0 saturated carbocycles. The zero-order chi connectivity index (χ0) is 26.2. The first-order valence-electron chi connectivity index (χ1n) is 12.4. The fourth-order valence-electron chi connectivity index (χ4n) is 4.47. The fraction of sp³-hybridized carbons (Fsp3) is 0.333. The Hall–Kier alpha value is -2.51. The van der Waals surface area contributed by atoms with Crippen molar-refractivity contribution in [2.24, 2.45) is 0 Å². The smallest absolute Gasteiger partial charge is 0.296 e. The molecule has 3 rings (SSSR count). The maximum Gasteiger partial charge on any atom is 0.296 e. The quantitative estimate of drug-likeness (QED) is 0.134. The summed E-state index contributed by atoms with van der Waals surface area (Å²) in [5.41, 5.74) is 2.17. The Balaban J connectivity index is 1.66. The van der Waals surface area contributed by atoms with Gasteiger partial charge in [0.25, 0.3) is 18.4 Å². The van der Waals surface area contributed by atoms with Crippen molar-refractivity contribution >= 4 is 28.8 Å². The van der Waals surface area contributed by atoms with Gasteiger partial charge in [0.05, 0.1) is 18.1 Å². The molecule has 0 N–H and O–H groups in total. The molecule has 36 heavy (non-hydrogen) atoms. The second-order valence-corrected chi connectivity index (χ2v) is 16.1. The van der Waals surface area contributed by atoms with Gasteiger partial charge < -0.3 is 4.43 Å². The summed E-state index contributed by atoms with van der Waals surface area (Å²) in [7, 11) is -6.30. The highest BCUT2D eigenvalue weighted by molar-refractivity contribution is 7.86. The van der Waals surface area contributed by atoms with E-state index in [4.69, 9.17) is 8.61 Å². The molecule has 0 radical (unpaired) electrons. The van der Waals surface area contributed by atoms with Crippen molar-refractivity contribution in [2.45, 2.75) is 57.4 Å². The average Bonchev–Trinajstić information content (AvgIpc) is 2.85. The molecule has 0 aliphatic rings. The minimum atomic E-state index is -3.73. The molecule has 6 heteroatoms. The number of aryl methyl sites for hydroxylation is 1. The zero-order valence-electron chi connectivity index (χ0n) is 22.0. The minimum Gasteiger partial charge on any atom is -0.404 e. The largest absolute Gasteiger partial charge is 0.404 e. The molecule has 0 aliphatic heterocycles. The van der Waals surface area contributed by atoms with Gasteiger partial charge in [-0.25, -0.2) is 0 Å². The Bertz CT molecular complexity index is 1190. The molecule has 0 saturated heterocycles. The topological polar surface area (TPSA) is 52.6 Å². The molecule has 0 aliphatic carbocycles. The van der Waals surface area contributed by atoms with Crippen molar-refractivity contribution in [3.63, 3.8) is 0 Å². The molecule has 0 fully saturated rings. The molecule has 0 aromatic heterocycles. The Morgan fingerprint density at radius 2 is 1.39 bits per heavy atom. The van der Waals surface area contributed by atoms with Crippen molar-refractivity contribution in [2.75, 3.05) is 13.2 Å². The van der Waals surface area contributed by atoms with E-state index in [1.54, 1.807) is 24.3 Å². The van der Waals surface area contributed by atoms with Crippen LogP contribution < -0.4 is 10.4 Å². The lowest BCUT2D eigenvalue weighted by Gasteiger charge is -2.42. The van der Waals surface area contributed by atoms with Crippen LogP contribution in [-0.4, -0.2) is 29.9 Å². The molecule has 4 nitrogen and oxygen atoms in total. The zero-order valence-corrected chi connectivity index (χ0v) is 23.8. The summed E-state index contributed by atoms with van der Waals surface area (Å²) in [6.07, 6.45) is 3.48. The van der Waals surface area contributed by atoms with Crippen molar-refractivity contribution in [1.82, 2.24) is 0 Å². The monoisotopic (exact) mass is 522 g/mol. The van der Waals surface area contributed by atoms with E-state index in [1.165, 1.54) is 10.4 Å². The molecular weight excluding hydrogens is 484 g/mol. The van der Waals surface area contributed by atoms with Crippen LogP contribution in [0, 0.1) is 6.92 Å². The summed E-state index contributed by atoms with van der Waals surface area (Å²) in [6, 6.07) is 27.9. The van der Waals surface area contributed by atoms with Crippen LogP contribution in [0.15, 0.2) is 101 Å². The van der Waals surface area contributed by atoms with E-state index in [9.17, 15) is 8.42 Å². The third-order valence-electron chi connectivity index (χ3n) is 6.41. The highest BCUT2D eigenvalue weighted by Gasteiger charge is 2.49. The molecule has 3 aromatic carbocycles. The van der Waals surface area contributed by atoms with Gasteiger partial charge >= 0.3 is 0 Å². The molecule has 192 valence electrons. The van der Waals surface area contributed by atoms with Crippen molar-refractivity contribution in [3.8, 4) is 0 Å². The van der Waals surface area contributed by atoms with E-state index in [0.717, 1.165) is 17.6 Å². The van der Waals surface area contributed by atoms with E-state index in [1.807, 2.05) is 19.1 Å². The Kier molecular flexibility index (Phi) is 9.47. The van der Waals surface area contributed by atoms with Crippen molar-refractivity contribution in [1.29, 1.82) is 0 Å². The molecule has 0 heterocycles. The van der Waals surface area contributed by atoms with Gasteiger partial charge in [0.1, 0.15) is 0 Å². The Morgan fingerprint density at radius 1 is 0.861 bits per heavy atom. The van der Waals surface area contributed by atoms with Crippen LogP contribution >= 0.6 is 0 Å². The van der Waals surface area contributed by atoms with Gasteiger partial charge in [-0.05, 0) is 54.2 Å². The van der Waals surface area contributed by atoms with Gasteiger partial charge in [-0.2, -0.15) is 8.42 Å². The molecule has 0 atom stereocenters. The lowest BCUT2D eigenvalue weighted by Crippen LogP contribution is -2.66. The lowest BCUT2D eigenvalue weighted by molar-refractivity contribution is 0.311. The SMILES string of the molecule is C/C(=C/CO[Si](c1ccccc1)(c1ccccc1)C(C)(C)C)CCCOS(=O)(=O)c1ccc(C)cc1. The predicted molar refractivity (Wildman–Crippen MR) is 151 cm³/mol. The first-order chi connectivity index (χ1) is 17.1. The normalized spacial score (nSPS) is 13.1. The number of hydrogen-bond acceptors (Lipinski definition) is 4. The maximum absolute atomic E-state index is 12.4. The highest BCUT2D eigenvalue weighted by Crippen LogP contribution is 2.36. The van der Waals surface area contributed by atoms with E-state index in [2.05, 4.69) is 82.3 Å². The summed E-state index contributed by atoms with van der Waals surface area (Å²) in [4.78, 5) is 0.194. The summed E-state index contributed by atoms with van der Waals surface area (Å²) >= 11 is 0. The standard InChI is InChI=1S/C30H38O4SSi/c1-25(13-12-23-33-35(31,32)27-20-18-26(2)19-21-27)22-24-34-36(30(3,4)5,28-14-8-6-9-15-28)29-16-10-7-11-17-29/h6-11,14-22H,12-13,23-24H2,1-5H3/b25-22-. The second kappa shape index (κ2) is 12.1. The van der Waals surface area contributed by atoms with Crippen LogP contribution in [0.5, 0.6) is 0 Å².